The Labute approximate surface area is 179 Å². The fourth-order valence-electron chi connectivity index (χ4n) is 3.11. The lowest BCUT2D eigenvalue weighted by atomic mass is 10.0. The van der Waals surface area contributed by atoms with Crippen molar-refractivity contribution in [2.24, 2.45) is 7.05 Å². The maximum absolute atomic E-state index is 12.6. The van der Waals surface area contributed by atoms with Gasteiger partial charge in [-0.05, 0) is 43.7 Å². The van der Waals surface area contributed by atoms with Gasteiger partial charge in [-0.2, -0.15) is 0 Å². The van der Waals surface area contributed by atoms with Crippen molar-refractivity contribution >= 4 is 22.4 Å². The average molecular weight is 419 g/mol. The number of thiazole rings is 1. The summed E-state index contributed by atoms with van der Waals surface area (Å²) >= 11 is 1.41. The van der Waals surface area contributed by atoms with Gasteiger partial charge in [0.2, 0.25) is 0 Å². The van der Waals surface area contributed by atoms with Gasteiger partial charge in [0, 0.05) is 35.9 Å². The van der Waals surface area contributed by atoms with Crippen molar-refractivity contribution in [3.8, 4) is 17.0 Å². The molecule has 6 nitrogen and oxygen atoms in total. The van der Waals surface area contributed by atoms with Gasteiger partial charge in [-0.3, -0.25) is 10.1 Å². The third-order valence-electron chi connectivity index (χ3n) is 4.79. The van der Waals surface area contributed by atoms with Crippen LogP contribution in [0.25, 0.3) is 11.3 Å². The monoisotopic (exact) mass is 418 g/mol. The Morgan fingerprint density at radius 1 is 1.17 bits per heavy atom. The number of aromatic nitrogens is 3. The van der Waals surface area contributed by atoms with Crippen LogP contribution in [0.5, 0.6) is 5.75 Å². The van der Waals surface area contributed by atoms with Crippen LogP contribution in [-0.4, -0.2) is 20.4 Å². The molecule has 0 aliphatic rings. The van der Waals surface area contributed by atoms with Crippen molar-refractivity contribution in [1.82, 2.24) is 14.5 Å². The second-order valence-electron chi connectivity index (χ2n) is 7.08. The van der Waals surface area contributed by atoms with E-state index in [1.54, 1.807) is 30.5 Å². The van der Waals surface area contributed by atoms with E-state index in [2.05, 4.69) is 47.3 Å². The standard InChI is InChI=1S/C23H22N4O2S/c1-15-4-9-19(16(2)12-15)20-14-30-23(25-20)26-22(28)17-5-7-18(8-6-17)29-13-21-24-10-11-27(21)3/h4-12,14H,13H2,1-3H3,(H,25,26,28). The molecule has 1 amide bonds. The lowest BCUT2D eigenvalue weighted by molar-refractivity contribution is 0.102. The number of hydrogen-bond donors (Lipinski definition) is 1. The first-order chi connectivity index (χ1) is 14.5. The first-order valence-electron chi connectivity index (χ1n) is 9.53. The Balaban J connectivity index is 1.39. The number of hydrogen-bond acceptors (Lipinski definition) is 5. The Morgan fingerprint density at radius 3 is 2.67 bits per heavy atom. The number of amides is 1. The largest absolute Gasteiger partial charge is 0.486 e. The molecule has 2 aromatic carbocycles. The number of carbonyl (C=O) groups excluding carboxylic acids is 1. The van der Waals surface area contributed by atoms with E-state index in [4.69, 9.17) is 4.74 Å². The zero-order valence-electron chi connectivity index (χ0n) is 17.0. The molecule has 0 bridgehead atoms. The minimum absolute atomic E-state index is 0.202. The highest BCUT2D eigenvalue weighted by atomic mass is 32.1. The van der Waals surface area contributed by atoms with Crippen LogP contribution in [0.4, 0.5) is 5.13 Å². The fourth-order valence-corrected chi connectivity index (χ4v) is 3.82. The van der Waals surface area contributed by atoms with E-state index in [0.717, 1.165) is 17.1 Å². The van der Waals surface area contributed by atoms with Crippen LogP contribution in [0.3, 0.4) is 0 Å². The highest BCUT2D eigenvalue weighted by molar-refractivity contribution is 7.14. The Bertz CT molecular complexity index is 1180. The number of anilines is 1. The van der Waals surface area contributed by atoms with Crippen molar-refractivity contribution in [2.75, 3.05) is 5.32 Å². The van der Waals surface area contributed by atoms with Crippen LogP contribution >= 0.6 is 11.3 Å². The van der Waals surface area contributed by atoms with E-state index < -0.39 is 0 Å². The molecule has 2 heterocycles. The number of rotatable bonds is 6. The van der Waals surface area contributed by atoms with E-state index in [-0.39, 0.29) is 5.91 Å². The van der Waals surface area contributed by atoms with Crippen molar-refractivity contribution in [2.45, 2.75) is 20.5 Å². The molecule has 0 atom stereocenters. The molecule has 2 aromatic heterocycles. The molecule has 0 aliphatic carbocycles. The van der Waals surface area contributed by atoms with Gasteiger partial charge in [-0.15, -0.1) is 11.3 Å². The maximum Gasteiger partial charge on any atom is 0.257 e. The van der Waals surface area contributed by atoms with E-state index in [1.807, 2.05) is 23.2 Å². The van der Waals surface area contributed by atoms with Crippen LogP contribution in [0.2, 0.25) is 0 Å². The maximum atomic E-state index is 12.6. The predicted octanol–water partition coefficient (Wildman–Crippen LogP) is 4.99. The average Bonchev–Trinajstić information content (AvgIpc) is 3.35. The zero-order chi connectivity index (χ0) is 21.1. The number of carbonyl (C=O) groups is 1. The summed E-state index contributed by atoms with van der Waals surface area (Å²) in [5.74, 6) is 1.31. The van der Waals surface area contributed by atoms with Gasteiger partial charge in [0.15, 0.2) is 5.13 Å². The predicted molar refractivity (Wildman–Crippen MR) is 119 cm³/mol. The number of ether oxygens (including phenoxy) is 1. The molecular formula is C23H22N4O2S. The molecule has 30 heavy (non-hydrogen) atoms. The Hall–Kier alpha value is -3.45. The van der Waals surface area contributed by atoms with Crippen LogP contribution in [0.15, 0.2) is 60.2 Å². The second-order valence-corrected chi connectivity index (χ2v) is 7.94. The molecule has 0 spiro atoms. The first kappa shape index (κ1) is 19.8. The quantitative estimate of drug-likeness (QED) is 0.479. The van der Waals surface area contributed by atoms with Crippen LogP contribution in [0, 0.1) is 13.8 Å². The summed E-state index contributed by atoms with van der Waals surface area (Å²) in [6.07, 6.45) is 3.60. The highest BCUT2D eigenvalue weighted by Gasteiger charge is 2.12. The number of nitrogens with zero attached hydrogens (tertiary/aromatic N) is 3. The van der Waals surface area contributed by atoms with E-state index >= 15 is 0 Å². The van der Waals surface area contributed by atoms with E-state index in [1.165, 1.54) is 22.5 Å². The molecule has 0 aliphatic heterocycles. The number of imidazole rings is 1. The summed E-state index contributed by atoms with van der Waals surface area (Å²) in [7, 11) is 1.92. The Kier molecular flexibility index (Phi) is 5.63. The summed E-state index contributed by atoms with van der Waals surface area (Å²) in [6.45, 7) is 4.51. The molecule has 0 unspecified atom stereocenters. The molecule has 0 saturated carbocycles. The minimum Gasteiger partial charge on any atom is -0.486 e. The van der Waals surface area contributed by atoms with Crippen LogP contribution in [0.1, 0.15) is 27.3 Å². The van der Waals surface area contributed by atoms with E-state index in [9.17, 15) is 4.79 Å². The smallest absolute Gasteiger partial charge is 0.257 e. The van der Waals surface area contributed by atoms with Crippen molar-refractivity contribution in [1.29, 1.82) is 0 Å². The molecular weight excluding hydrogens is 396 g/mol. The van der Waals surface area contributed by atoms with Gasteiger partial charge in [-0.25, -0.2) is 9.97 Å². The molecule has 0 saturated heterocycles. The zero-order valence-corrected chi connectivity index (χ0v) is 17.9. The molecule has 4 rings (SSSR count). The molecule has 0 radical (unpaired) electrons. The van der Waals surface area contributed by atoms with Crippen LogP contribution in [-0.2, 0) is 13.7 Å². The van der Waals surface area contributed by atoms with Gasteiger partial charge in [0.25, 0.3) is 5.91 Å². The third-order valence-corrected chi connectivity index (χ3v) is 5.55. The summed E-state index contributed by atoms with van der Waals surface area (Å²) in [4.78, 5) is 21.4. The second kappa shape index (κ2) is 8.51. The number of benzene rings is 2. The third kappa shape index (κ3) is 4.41. The van der Waals surface area contributed by atoms with Crippen molar-refractivity contribution < 1.29 is 9.53 Å². The molecule has 1 N–H and O–H groups in total. The number of nitrogens with one attached hydrogen (secondary N) is 1. The van der Waals surface area contributed by atoms with Crippen molar-refractivity contribution in [3.63, 3.8) is 0 Å². The summed E-state index contributed by atoms with van der Waals surface area (Å²) < 4.78 is 7.64. The highest BCUT2D eigenvalue weighted by Crippen LogP contribution is 2.28. The SMILES string of the molecule is Cc1ccc(-c2csc(NC(=O)c3ccc(OCc4nccn4C)cc3)n2)c(C)c1. The first-order valence-corrected chi connectivity index (χ1v) is 10.4. The lowest BCUT2D eigenvalue weighted by Crippen LogP contribution is -2.11. The summed E-state index contributed by atoms with van der Waals surface area (Å²) in [5.41, 5.74) is 4.87. The summed E-state index contributed by atoms with van der Waals surface area (Å²) in [5, 5.41) is 5.41. The number of aryl methyl sites for hydroxylation is 3. The van der Waals surface area contributed by atoms with Gasteiger partial charge < -0.3 is 9.30 Å². The van der Waals surface area contributed by atoms with Crippen molar-refractivity contribution in [3.05, 3.63) is 82.8 Å². The van der Waals surface area contributed by atoms with Gasteiger partial charge in [0.05, 0.1) is 5.69 Å². The fraction of sp³-hybridized carbons (Fsp3) is 0.174. The van der Waals surface area contributed by atoms with E-state index in [0.29, 0.717) is 23.1 Å². The molecule has 152 valence electrons. The normalized spacial score (nSPS) is 10.8. The molecule has 4 aromatic rings. The molecule has 7 heteroatoms. The minimum atomic E-state index is -0.202. The van der Waals surface area contributed by atoms with Gasteiger partial charge in [-0.1, -0.05) is 23.8 Å². The van der Waals surface area contributed by atoms with Crippen LogP contribution < -0.4 is 10.1 Å². The summed E-state index contributed by atoms with van der Waals surface area (Å²) in [6, 6.07) is 13.3. The van der Waals surface area contributed by atoms with Gasteiger partial charge >= 0.3 is 0 Å². The van der Waals surface area contributed by atoms with Gasteiger partial charge in [0.1, 0.15) is 18.2 Å². The molecule has 0 fully saturated rings. The lowest BCUT2D eigenvalue weighted by Gasteiger charge is -2.07. The Morgan fingerprint density at radius 2 is 1.97 bits per heavy atom. The topological polar surface area (TPSA) is 69.0 Å².